The van der Waals surface area contributed by atoms with Crippen molar-refractivity contribution >= 4 is 23.8 Å². The zero-order chi connectivity index (χ0) is 30.0. The molecule has 0 bridgehead atoms. The molecule has 2 aromatic rings. The Hall–Kier alpha value is -4.13. The molecular formula is C27H29F3N2O8. The van der Waals surface area contributed by atoms with Crippen molar-refractivity contribution in [3.05, 3.63) is 48.0 Å². The first-order chi connectivity index (χ1) is 18.7. The lowest BCUT2D eigenvalue weighted by molar-refractivity contribution is -0.192. The maximum Gasteiger partial charge on any atom is 0.490 e. The van der Waals surface area contributed by atoms with Gasteiger partial charge < -0.3 is 19.3 Å². The zero-order valence-corrected chi connectivity index (χ0v) is 22.4. The highest BCUT2D eigenvalue weighted by atomic mass is 19.4. The highest BCUT2D eigenvalue weighted by Crippen LogP contribution is 2.49. The summed E-state index contributed by atoms with van der Waals surface area (Å²) in [7, 11) is 4.48. The lowest BCUT2D eigenvalue weighted by Crippen LogP contribution is -2.53. The molecule has 0 saturated carbocycles. The molecule has 40 heavy (non-hydrogen) atoms. The average Bonchev–Trinajstić information content (AvgIpc) is 3.39. The van der Waals surface area contributed by atoms with Crippen LogP contribution < -0.4 is 14.8 Å². The van der Waals surface area contributed by atoms with E-state index in [0.29, 0.717) is 5.75 Å². The van der Waals surface area contributed by atoms with Gasteiger partial charge in [-0.05, 0) is 43.2 Å². The number of hydrogen-bond donors (Lipinski definition) is 2. The van der Waals surface area contributed by atoms with Gasteiger partial charge in [-0.15, -0.1) is 0 Å². The van der Waals surface area contributed by atoms with Crippen LogP contribution in [0.4, 0.5) is 13.2 Å². The van der Waals surface area contributed by atoms with E-state index in [1.165, 1.54) is 12.0 Å². The van der Waals surface area contributed by atoms with Crippen molar-refractivity contribution in [2.24, 2.45) is 11.8 Å². The summed E-state index contributed by atoms with van der Waals surface area (Å²) in [6.45, 7) is 3.64. The number of fused-ring (bicyclic) bond motifs is 1. The predicted octanol–water partition coefficient (Wildman–Crippen LogP) is 3.20. The van der Waals surface area contributed by atoms with Gasteiger partial charge in [0.25, 0.3) is 0 Å². The maximum atomic E-state index is 13.2. The van der Waals surface area contributed by atoms with Crippen molar-refractivity contribution in [2.75, 3.05) is 27.9 Å². The Morgan fingerprint density at radius 3 is 2.10 bits per heavy atom. The van der Waals surface area contributed by atoms with Crippen LogP contribution >= 0.6 is 0 Å². The van der Waals surface area contributed by atoms with Gasteiger partial charge in [-0.2, -0.15) is 13.2 Å². The third-order valence-electron chi connectivity index (χ3n) is 7.03. The van der Waals surface area contributed by atoms with Gasteiger partial charge in [-0.3, -0.25) is 24.6 Å². The van der Waals surface area contributed by atoms with Gasteiger partial charge in [0.05, 0.1) is 33.2 Å². The molecule has 216 valence electrons. The van der Waals surface area contributed by atoms with Crippen LogP contribution in [0.1, 0.15) is 25.5 Å². The van der Waals surface area contributed by atoms with Gasteiger partial charge in [-0.1, -0.05) is 24.3 Å². The topological polar surface area (TPSA) is 131 Å². The van der Waals surface area contributed by atoms with Gasteiger partial charge in [0.15, 0.2) is 0 Å². The van der Waals surface area contributed by atoms with Crippen LogP contribution in [0.25, 0.3) is 11.1 Å². The van der Waals surface area contributed by atoms with E-state index in [-0.39, 0.29) is 18.4 Å². The van der Waals surface area contributed by atoms with E-state index < -0.39 is 41.5 Å². The van der Waals surface area contributed by atoms with Crippen molar-refractivity contribution in [2.45, 2.75) is 31.6 Å². The fourth-order valence-electron chi connectivity index (χ4n) is 5.11. The van der Waals surface area contributed by atoms with E-state index in [0.717, 1.165) is 22.4 Å². The van der Waals surface area contributed by atoms with E-state index in [1.807, 2.05) is 42.5 Å². The van der Waals surface area contributed by atoms with Gasteiger partial charge in [-0.25, -0.2) is 4.79 Å². The SMILES string of the molecule is CCN1C(=O)[C@H]2[C@@H](c3ccc(-c4ccc(OC)cc4)c(OC)c3)N[C@@](C)(C(=O)OC)[C@H]2C1=O.O=C(O)C(F)(F)F. The Bertz CT molecular complexity index is 1300. The molecule has 0 spiro atoms. The number of likely N-dealkylation sites (tertiary alicyclic amines) is 1. The number of amides is 2. The molecule has 0 unspecified atom stereocenters. The molecule has 2 saturated heterocycles. The summed E-state index contributed by atoms with van der Waals surface area (Å²) in [4.78, 5) is 49.1. The molecule has 4 atom stereocenters. The second-order valence-electron chi connectivity index (χ2n) is 9.23. The van der Waals surface area contributed by atoms with E-state index in [2.05, 4.69) is 5.32 Å². The molecule has 2 aliphatic heterocycles. The minimum Gasteiger partial charge on any atom is -0.497 e. The number of nitrogens with zero attached hydrogens (tertiary/aromatic N) is 1. The van der Waals surface area contributed by atoms with Crippen LogP contribution in [0.15, 0.2) is 42.5 Å². The Morgan fingerprint density at radius 1 is 1.02 bits per heavy atom. The van der Waals surface area contributed by atoms with Crippen molar-refractivity contribution in [1.82, 2.24) is 10.2 Å². The number of esters is 1. The van der Waals surface area contributed by atoms with Crippen LogP contribution in [0, 0.1) is 11.8 Å². The minimum absolute atomic E-state index is 0.258. The predicted molar refractivity (Wildman–Crippen MR) is 134 cm³/mol. The maximum absolute atomic E-state index is 13.2. The zero-order valence-electron chi connectivity index (χ0n) is 22.4. The summed E-state index contributed by atoms with van der Waals surface area (Å²) in [5, 5.41) is 10.4. The quantitative estimate of drug-likeness (QED) is 0.400. The lowest BCUT2D eigenvalue weighted by Gasteiger charge is -2.28. The Morgan fingerprint density at radius 2 is 1.62 bits per heavy atom. The summed E-state index contributed by atoms with van der Waals surface area (Å²) in [6.07, 6.45) is -5.08. The molecule has 2 aliphatic rings. The van der Waals surface area contributed by atoms with Crippen LogP contribution in [-0.2, 0) is 23.9 Å². The molecule has 2 fully saturated rings. The second-order valence-corrected chi connectivity index (χ2v) is 9.23. The third kappa shape index (κ3) is 5.46. The Balaban J connectivity index is 0.000000559. The third-order valence-corrected chi connectivity index (χ3v) is 7.03. The van der Waals surface area contributed by atoms with Gasteiger partial charge in [0.2, 0.25) is 11.8 Å². The van der Waals surface area contributed by atoms with Gasteiger partial charge >= 0.3 is 18.1 Å². The van der Waals surface area contributed by atoms with Crippen LogP contribution in [-0.4, -0.2) is 73.3 Å². The van der Waals surface area contributed by atoms with E-state index in [1.54, 1.807) is 28.1 Å². The number of carbonyl (C=O) groups is 4. The highest BCUT2D eigenvalue weighted by Gasteiger charge is 2.66. The van der Waals surface area contributed by atoms with Gasteiger partial charge in [0.1, 0.15) is 17.0 Å². The number of nitrogens with one attached hydrogen (secondary N) is 1. The summed E-state index contributed by atoms with van der Waals surface area (Å²) < 4.78 is 47.6. The number of imide groups is 1. The second kappa shape index (κ2) is 11.5. The molecule has 0 radical (unpaired) electrons. The Kier molecular flexibility index (Phi) is 8.78. The smallest absolute Gasteiger partial charge is 0.490 e. The number of ether oxygens (including phenoxy) is 3. The molecular weight excluding hydrogens is 537 g/mol. The van der Waals surface area contributed by atoms with E-state index in [4.69, 9.17) is 24.1 Å². The van der Waals surface area contributed by atoms with Crippen LogP contribution in [0.2, 0.25) is 0 Å². The molecule has 13 heteroatoms. The van der Waals surface area contributed by atoms with Crippen molar-refractivity contribution in [3.63, 3.8) is 0 Å². The summed E-state index contributed by atoms with van der Waals surface area (Å²) in [5.41, 5.74) is 1.26. The standard InChI is InChI=1S/C25H28N2O6.C2HF3O2/c1-6-27-22(28)19-20(23(27)29)25(2,24(30)33-5)26-21(19)15-9-12-17(18(13-15)32-4)14-7-10-16(31-3)11-8-14;3-2(4,5)1(6)7/h7-13,19-21,26H,6H2,1-5H3;(H,6,7)/t19-,20-,21-,25-;/m1./s1. The summed E-state index contributed by atoms with van der Waals surface area (Å²) in [6, 6.07) is 12.7. The molecule has 2 amide bonds. The molecule has 0 aliphatic carbocycles. The number of aliphatic carboxylic acids is 1. The highest BCUT2D eigenvalue weighted by molar-refractivity contribution is 6.09. The molecule has 0 aromatic heterocycles. The fourth-order valence-corrected chi connectivity index (χ4v) is 5.11. The fraction of sp³-hybridized carbons (Fsp3) is 0.407. The number of alkyl halides is 3. The van der Waals surface area contributed by atoms with Crippen LogP contribution in [0.3, 0.4) is 0 Å². The van der Waals surface area contributed by atoms with E-state index in [9.17, 15) is 27.6 Å². The first kappa shape index (κ1) is 30.4. The number of halogens is 3. The molecule has 10 nitrogen and oxygen atoms in total. The summed E-state index contributed by atoms with van der Waals surface area (Å²) >= 11 is 0. The normalized spacial score (nSPS) is 23.7. The molecule has 2 N–H and O–H groups in total. The van der Waals surface area contributed by atoms with Crippen LogP contribution in [0.5, 0.6) is 11.5 Å². The molecule has 4 rings (SSSR count). The number of carboxylic acids is 1. The Labute approximate surface area is 228 Å². The summed E-state index contributed by atoms with van der Waals surface area (Å²) in [5.74, 6) is -4.14. The number of benzene rings is 2. The number of carboxylic acid groups (broad SMARTS) is 1. The largest absolute Gasteiger partial charge is 0.497 e. The molecule has 2 aromatic carbocycles. The monoisotopic (exact) mass is 566 g/mol. The van der Waals surface area contributed by atoms with Gasteiger partial charge in [0, 0.05) is 18.2 Å². The minimum atomic E-state index is -5.08. The number of hydrogen-bond acceptors (Lipinski definition) is 8. The lowest BCUT2D eigenvalue weighted by atomic mass is 9.80. The first-order valence-electron chi connectivity index (χ1n) is 12.1. The van der Waals surface area contributed by atoms with Crippen molar-refractivity contribution in [1.29, 1.82) is 0 Å². The first-order valence-corrected chi connectivity index (χ1v) is 12.1. The number of carbonyl (C=O) groups excluding carboxylic acids is 3. The van der Waals surface area contributed by atoms with E-state index >= 15 is 0 Å². The number of rotatable bonds is 6. The van der Waals surface area contributed by atoms with Crippen molar-refractivity contribution in [3.8, 4) is 22.6 Å². The molecule has 2 heterocycles. The number of methoxy groups -OCH3 is 3. The van der Waals surface area contributed by atoms with Crippen molar-refractivity contribution < 1.29 is 51.7 Å². The average molecular weight is 567 g/mol.